The standard InChI is InChI=1S/C34H39NO/c1-7-8-20-35(34-28(5)21-26(3)22-29(34)6)33(36)24-27(4)23-32(31-17-14-25(2)15-18-31)19-16-30-12-10-9-11-13-30/h9-15,17-18,21-22,24,32H,7-8,20,23H2,1-6H3/b27-24+. The van der Waals surface area contributed by atoms with E-state index in [1.165, 1.54) is 16.7 Å². The fourth-order valence-electron chi connectivity index (χ4n) is 4.66. The Balaban J connectivity index is 1.91. The van der Waals surface area contributed by atoms with Crippen LogP contribution in [0.2, 0.25) is 0 Å². The molecule has 0 aliphatic rings. The molecule has 0 spiro atoms. The van der Waals surface area contributed by atoms with Crippen molar-refractivity contribution in [3.05, 3.63) is 112 Å². The second kappa shape index (κ2) is 12.9. The van der Waals surface area contributed by atoms with Crippen LogP contribution in [0.4, 0.5) is 5.69 Å². The van der Waals surface area contributed by atoms with E-state index >= 15 is 0 Å². The molecule has 0 N–H and O–H groups in total. The van der Waals surface area contributed by atoms with Crippen LogP contribution in [-0.4, -0.2) is 12.5 Å². The monoisotopic (exact) mass is 477 g/mol. The van der Waals surface area contributed by atoms with E-state index in [-0.39, 0.29) is 11.8 Å². The molecular formula is C34H39NO. The molecule has 0 bridgehead atoms. The third kappa shape index (κ3) is 7.46. The maximum absolute atomic E-state index is 13.6. The fourth-order valence-corrected chi connectivity index (χ4v) is 4.66. The number of aryl methyl sites for hydroxylation is 4. The van der Waals surface area contributed by atoms with E-state index < -0.39 is 0 Å². The molecular weight excluding hydrogens is 438 g/mol. The van der Waals surface area contributed by atoms with Gasteiger partial charge >= 0.3 is 0 Å². The van der Waals surface area contributed by atoms with Gasteiger partial charge in [0.1, 0.15) is 0 Å². The SMILES string of the molecule is CCCCN(C(=O)/C=C(\C)CC(C#Cc1ccccc1)c1ccc(C)cc1)c1c(C)cc(C)cc1C. The molecule has 0 aromatic heterocycles. The largest absolute Gasteiger partial charge is 0.308 e. The Morgan fingerprint density at radius 3 is 2.17 bits per heavy atom. The zero-order valence-corrected chi connectivity index (χ0v) is 22.7. The van der Waals surface area contributed by atoms with Crippen molar-refractivity contribution in [2.75, 3.05) is 11.4 Å². The van der Waals surface area contributed by atoms with Crippen LogP contribution in [0.25, 0.3) is 0 Å². The van der Waals surface area contributed by atoms with Gasteiger partial charge in [0.2, 0.25) is 0 Å². The van der Waals surface area contributed by atoms with Crippen molar-refractivity contribution in [1.29, 1.82) is 0 Å². The number of unbranched alkanes of at least 4 members (excludes halogenated alkanes) is 1. The van der Waals surface area contributed by atoms with Crippen molar-refractivity contribution in [3.63, 3.8) is 0 Å². The molecule has 0 radical (unpaired) electrons. The van der Waals surface area contributed by atoms with E-state index in [0.29, 0.717) is 6.42 Å². The quantitative estimate of drug-likeness (QED) is 0.236. The number of amides is 1. The van der Waals surface area contributed by atoms with Gasteiger partial charge in [0.15, 0.2) is 0 Å². The normalized spacial score (nSPS) is 12.0. The highest BCUT2D eigenvalue weighted by Gasteiger charge is 2.19. The minimum absolute atomic E-state index is 0.0156. The van der Waals surface area contributed by atoms with Gasteiger partial charge in [0, 0.05) is 29.8 Å². The van der Waals surface area contributed by atoms with E-state index in [0.717, 1.165) is 47.3 Å². The lowest BCUT2D eigenvalue weighted by Crippen LogP contribution is -2.32. The highest BCUT2D eigenvalue weighted by Crippen LogP contribution is 2.28. The Hall–Kier alpha value is -3.57. The third-order valence-electron chi connectivity index (χ3n) is 6.45. The second-order valence-electron chi connectivity index (χ2n) is 9.88. The molecule has 2 nitrogen and oxygen atoms in total. The van der Waals surface area contributed by atoms with Crippen LogP contribution < -0.4 is 4.90 Å². The minimum atomic E-state index is 0.0156. The van der Waals surface area contributed by atoms with E-state index in [2.05, 4.69) is 89.8 Å². The number of benzene rings is 3. The predicted octanol–water partition coefficient (Wildman–Crippen LogP) is 8.23. The second-order valence-corrected chi connectivity index (χ2v) is 9.88. The van der Waals surface area contributed by atoms with Gasteiger partial charge in [-0.15, -0.1) is 0 Å². The minimum Gasteiger partial charge on any atom is -0.308 e. The lowest BCUT2D eigenvalue weighted by Gasteiger charge is -2.26. The number of hydrogen-bond acceptors (Lipinski definition) is 1. The average molecular weight is 478 g/mol. The van der Waals surface area contributed by atoms with Gasteiger partial charge in [-0.3, -0.25) is 4.79 Å². The van der Waals surface area contributed by atoms with Crippen LogP contribution >= 0.6 is 0 Å². The molecule has 0 heterocycles. The van der Waals surface area contributed by atoms with Crippen molar-refractivity contribution in [2.45, 2.75) is 66.7 Å². The zero-order valence-electron chi connectivity index (χ0n) is 22.7. The highest BCUT2D eigenvalue weighted by atomic mass is 16.2. The summed E-state index contributed by atoms with van der Waals surface area (Å²) in [6.45, 7) is 13.3. The van der Waals surface area contributed by atoms with Gasteiger partial charge in [-0.1, -0.05) is 96.5 Å². The molecule has 0 fully saturated rings. The maximum Gasteiger partial charge on any atom is 0.250 e. The Bertz CT molecular complexity index is 1230. The van der Waals surface area contributed by atoms with E-state index in [4.69, 9.17) is 0 Å². The molecule has 3 aromatic carbocycles. The molecule has 0 aliphatic carbocycles. The lowest BCUT2D eigenvalue weighted by molar-refractivity contribution is -0.114. The van der Waals surface area contributed by atoms with Crippen LogP contribution in [0.15, 0.2) is 78.4 Å². The van der Waals surface area contributed by atoms with Crippen LogP contribution in [0.5, 0.6) is 0 Å². The number of rotatable bonds is 8. The predicted molar refractivity (Wildman–Crippen MR) is 154 cm³/mol. The first-order chi connectivity index (χ1) is 17.3. The first-order valence-electron chi connectivity index (χ1n) is 13.0. The van der Waals surface area contributed by atoms with Crippen LogP contribution in [-0.2, 0) is 4.79 Å². The van der Waals surface area contributed by atoms with Gasteiger partial charge in [-0.25, -0.2) is 0 Å². The first-order valence-corrected chi connectivity index (χ1v) is 13.0. The van der Waals surface area contributed by atoms with Crippen LogP contribution in [0.3, 0.4) is 0 Å². The molecule has 1 unspecified atom stereocenters. The number of nitrogens with zero attached hydrogens (tertiary/aromatic N) is 1. The molecule has 3 aromatic rings. The van der Waals surface area contributed by atoms with E-state index in [1.807, 2.05) is 41.3 Å². The summed E-state index contributed by atoms with van der Waals surface area (Å²) >= 11 is 0. The van der Waals surface area contributed by atoms with Crippen LogP contribution in [0, 0.1) is 39.5 Å². The highest BCUT2D eigenvalue weighted by molar-refractivity contribution is 6.02. The summed E-state index contributed by atoms with van der Waals surface area (Å²) in [6.07, 6.45) is 4.54. The molecule has 2 heteroatoms. The summed E-state index contributed by atoms with van der Waals surface area (Å²) in [5.74, 6) is 6.89. The molecule has 1 atom stereocenters. The van der Waals surface area contributed by atoms with E-state index in [9.17, 15) is 4.79 Å². The Kier molecular flexibility index (Phi) is 9.71. The van der Waals surface area contributed by atoms with Gasteiger partial charge in [-0.05, 0) is 76.3 Å². The van der Waals surface area contributed by atoms with Gasteiger partial charge in [-0.2, -0.15) is 0 Å². The summed E-state index contributed by atoms with van der Waals surface area (Å²) in [5, 5.41) is 0. The number of carbonyl (C=O) groups excluding carboxylic acids is 1. The van der Waals surface area contributed by atoms with Crippen molar-refractivity contribution in [2.24, 2.45) is 0 Å². The van der Waals surface area contributed by atoms with Crippen molar-refractivity contribution in [3.8, 4) is 11.8 Å². The number of carbonyl (C=O) groups is 1. The zero-order chi connectivity index (χ0) is 26.1. The van der Waals surface area contributed by atoms with Crippen molar-refractivity contribution >= 4 is 11.6 Å². The molecule has 0 saturated heterocycles. The van der Waals surface area contributed by atoms with Crippen LogP contribution in [0.1, 0.15) is 72.4 Å². The van der Waals surface area contributed by atoms with E-state index in [1.54, 1.807) is 0 Å². The Morgan fingerprint density at radius 1 is 0.917 bits per heavy atom. The summed E-state index contributed by atoms with van der Waals surface area (Å²) in [5.41, 5.74) is 9.01. The number of hydrogen-bond donors (Lipinski definition) is 0. The summed E-state index contributed by atoms with van der Waals surface area (Å²) < 4.78 is 0. The fraction of sp³-hybridized carbons (Fsp3) is 0.324. The Labute approximate surface area is 218 Å². The topological polar surface area (TPSA) is 20.3 Å². The smallest absolute Gasteiger partial charge is 0.250 e. The van der Waals surface area contributed by atoms with Gasteiger partial charge < -0.3 is 4.90 Å². The molecule has 1 amide bonds. The first kappa shape index (κ1) is 27.0. The summed E-state index contributed by atoms with van der Waals surface area (Å²) in [6, 6.07) is 23.0. The molecule has 0 aliphatic heterocycles. The third-order valence-corrected chi connectivity index (χ3v) is 6.45. The van der Waals surface area contributed by atoms with Crippen molar-refractivity contribution < 1.29 is 4.79 Å². The lowest BCUT2D eigenvalue weighted by atomic mass is 9.91. The number of anilines is 1. The summed E-state index contributed by atoms with van der Waals surface area (Å²) in [7, 11) is 0. The number of allylic oxidation sites excluding steroid dienone is 1. The summed E-state index contributed by atoms with van der Waals surface area (Å²) in [4.78, 5) is 15.6. The molecule has 3 rings (SSSR count). The maximum atomic E-state index is 13.6. The Morgan fingerprint density at radius 2 is 1.56 bits per heavy atom. The molecule has 36 heavy (non-hydrogen) atoms. The van der Waals surface area contributed by atoms with Crippen molar-refractivity contribution in [1.82, 2.24) is 0 Å². The van der Waals surface area contributed by atoms with Gasteiger partial charge in [0.25, 0.3) is 5.91 Å². The average Bonchev–Trinajstić information content (AvgIpc) is 2.84. The molecule has 186 valence electrons. The molecule has 0 saturated carbocycles. The van der Waals surface area contributed by atoms with Gasteiger partial charge in [0.05, 0.1) is 0 Å².